The highest BCUT2D eigenvalue weighted by Crippen LogP contribution is 2.07. The van der Waals surface area contributed by atoms with Gasteiger partial charge in [0.1, 0.15) is 0 Å². The predicted octanol–water partition coefficient (Wildman–Crippen LogP) is 1.57. The van der Waals surface area contributed by atoms with E-state index < -0.39 is 11.1 Å². The standard InChI is InChI=1S/C10H10O3S/c11-9(12)10(13)14-7-6-8-4-2-1-3-5-8/h1-5H,6-7H2,(H,11,12). The van der Waals surface area contributed by atoms with Crippen LogP contribution in [0.4, 0.5) is 0 Å². The predicted molar refractivity (Wildman–Crippen MR) is 55.2 cm³/mol. The van der Waals surface area contributed by atoms with Gasteiger partial charge in [-0.05, 0) is 12.0 Å². The van der Waals surface area contributed by atoms with E-state index in [-0.39, 0.29) is 0 Å². The SMILES string of the molecule is O=C(O)C(=O)SCCc1ccccc1. The molecule has 0 aromatic heterocycles. The summed E-state index contributed by atoms with van der Waals surface area (Å²) in [5, 5.41) is 7.52. The number of carbonyl (C=O) groups excluding carboxylic acids is 1. The second kappa shape index (κ2) is 5.44. The van der Waals surface area contributed by atoms with Crippen molar-refractivity contribution >= 4 is 22.8 Å². The maximum Gasteiger partial charge on any atom is 0.383 e. The first-order chi connectivity index (χ1) is 6.70. The Morgan fingerprint density at radius 1 is 1.21 bits per heavy atom. The summed E-state index contributed by atoms with van der Waals surface area (Å²) in [5.74, 6) is -0.863. The van der Waals surface area contributed by atoms with Crippen LogP contribution < -0.4 is 0 Å². The fourth-order valence-corrected chi connectivity index (χ4v) is 1.61. The number of carboxylic acid groups (broad SMARTS) is 1. The molecule has 0 aliphatic carbocycles. The summed E-state index contributed by atoms with van der Waals surface area (Å²) in [7, 11) is 0. The zero-order valence-electron chi connectivity index (χ0n) is 7.47. The number of hydrogen-bond donors (Lipinski definition) is 1. The van der Waals surface area contributed by atoms with Crippen molar-refractivity contribution in [3.63, 3.8) is 0 Å². The van der Waals surface area contributed by atoms with Crippen LogP contribution in [-0.2, 0) is 16.0 Å². The van der Waals surface area contributed by atoms with Crippen molar-refractivity contribution in [3.05, 3.63) is 35.9 Å². The van der Waals surface area contributed by atoms with Gasteiger partial charge in [0.2, 0.25) is 0 Å². The lowest BCUT2D eigenvalue weighted by Gasteiger charge is -1.98. The molecule has 0 heterocycles. The Morgan fingerprint density at radius 3 is 2.43 bits per heavy atom. The number of hydrogen-bond acceptors (Lipinski definition) is 3. The van der Waals surface area contributed by atoms with Gasteiger partial charge >= 0.3 is 5.97 Å². The van der Waals surface area contributed by atoms with E-state index in [0.29, 0.717) is 12.2 Å². The molecule has 1 aromatic rings. The lowest BCUT2D eigenvalue weighted by Crippen LogP contribution is -2.08. The molecule has 0 fully saturated rings. The molecule has 0 saturated heterocycles. The van der Waals surface area contributed by atoms with Crippen LogP contribution in [0.3, 0.4) is 0 Å². The highest BCUT2D eigenvalue weighted by Gasteiger charge is 2.10. The third-order valence-electron chi connectivity index (χ3n) is 1.64. The van der Waals surface area contributed by atoms with Crippen LogP contribution in [0.2, 0.25) is 0 Å². The zero-order valence-corrected chi connectivity index (χ0v) is 8.29. The van der Waals surface area contributed by atoms with E-state index in [1.165, 1.54) is 0 Å². The van der Waals surface area contributed by atoms with Gasteiger partial charge in [0.25, 0.3) is 5.12 Å². The van der Waals surface area contributed by atoms with Crippen molar-refractivity contribution in [2.45, 2.75) is 6.42 Å². The molecule has 3 nitrogen and oxygen atoms in total. The van der Waals surface area contributed by atoms with Gasteiger partial charge in [-0.2, -0.15) is 0 Å². The van der Waals surface area contributed by atoms with Crippen LogP contribution in [-0.4, -0.2) is 21.9 Å². The van der Waals surface area contributed by atoms with Crippen LogP contribution in [0.1, 0.15) is 5.56 Å². The largest absolute Gasteiger partial charge is 0.475 e. The molecule has 4 heteroatoms. The maximum atomic E-state index is 10.7. The molecule has 0 atom stereocenters. The quantitative estimate of drug-likeness (QED) is 0.769. The molecule has 0 unspecified atom stereocenters. The summed E-state index contributed by atoms with van der Waals surface area (Å²) in [4.78, 5) is 20.9. The molecule has 1 rings (SSSR count). The molecule has 1 aromatic carbocycles. The lowest BCUT2D eigenvalue weighted by molar-refractivity contribution is -0.144. The Balaban J connectivity index is 2.29. The molecule has 74 valence electrons. The molecule has 0 aliphatic heterocycles. The molecule has 0 bridgehead atoms. The number of aliphatic carboxylic acids is 1. The average Bonchev–Trinajstić information content (AvgIpc) is 2.19. The van der Waals surface area contributed by atoms with Crippen LogP contribution in [0.25, 0.3) is 0 Å². The van der Waals surface area contributed by atoms with Gasteiger partial charge in [0.15, 0.2) is 0 Å². The minimum Gasteiger partial charge on any atom is -0.475 e. The molecule has 0 aliphatic rings. The fraction of sp³-hybridized carbons (Fsp3) is 0.200. The summed E-state index contributed by atoms with van der Waals surface area (Å²) in [5.41, 5.74) is 1.11. The topological polar surface area (TPSA) is 54.4 Å². The Bertz CT molecular complexity index is 321. The summed E-state index contributed by atoms with van der Waals surface area (Å²) in [6.45, 7) is 0. The second-order valence-electron chi connectivity index (χ2n) is 2.68. The summed E-state index contributed by atoms with van der Waals surface area (Å²) in [6, 6.07) is 9.65. The number of benzene rings is 1. The first-order valence-corrected chi connectivity index (χ1v) is 5.12. The first kappa shape index (κ1) is 10.8. The molecule has 1 N–H and O–H groups in total. The van der Waals surface area contributed by atoms with Gasteiger partial charge in [0, 0.05) is 5.75 Å². The lowest BCUT2D eigenvalue weighted by atomic mass is 10.2. The number of carbonyl (C=O) groups is 2. The van der Waals surface area contributed by atoms with E-state index in [0.717, 1.165) is 17.3 Å². The van der Waals surface area contributed by atoms with E-state index in [1.807, 2.05) is 30.3 Å². The van der Waals surface area contributed by atoms with Gasteiger partial charge in [-0.1, -0.05) is 42.1 Å². The summed E-state index contributed by atoms with van der Waals surface area (Å²) in [6.07, 6.45) is 0.713. The third-order valence-corrected chi connectivity index (χ3v) is 2.49. The Morgan fingerprint density at radius 2 is 1.86 bits per heavy atom. The van der Waals surface area contributed by atoms with E-state index in [2.05, 4.69) is 0 Å². The van der Waals surface area contributed by atoms with E-state index in [9.17, 15) is 9.59 Å². The Labute approximate surface area is 86.1 Å². The highest BCUT2D eigenvalue weighted by atomic mass is 32.2. The first-order valence-electron chi connectivity index (χ1n) is 4.14. The van der Waals surface area contributed by atoms with Crippen molar-refractivity contribution in [1.29, 1.82) is 0 Å². The highest BCUT2D eigenvalue weighted by molar-refractivity contribution is 8.15. The van der Waals surface area contributed by atoms with Gasteiger partial charge in [-0.25, -0.2) is 4.79 Å². The number of rotatable bonds is 3. The van der Waals surface area contributed by atoms with Crippen LogP contribution in [0, 0.1) is 0 Å². The monoisotopic (exact) mass is 210 g/mol. The number of carboxylic acids is 1. The molecular weight excluding hydrogens is 200 g/mol. The molecule has 14 heavy (non-hydrogen) atoms. The minimum atomic E-state index is -1.37. The third kappa shape index (κ3) is 3.62. The van der Waals surface area contributed by atoms with Crippen LogP contribution in [0.5, 0.6) is 0 Å². The van der Waals surface area contributed by atoms with E-state index in [4.69, 9.17) is 5.11 Å². The van der Waals surface area contributed by atoms with Gasteiger partial charge in [-0.3, -0.25) is 4.79 Å². The zero-order chi connectivity index (χ0) is 10.4. The molecule has 0 spiro atoms. The number of thioether (sulfide) groups is 1. The van der Waals surface area contributed by atoms with Crippen molar-refractivity contribution in [1.82, 2.24) is 0 Å². The van der Waals surface area contributed by atoms with Crippen molar-refractivity contribution < 1.29 is 14.7 Å². The van der Waals surface area contributed by atoms with Gasteiger partial charge in [0.05, 0.1) is 0 Å². The maximum absolute atomic E-state index is 10.7. The van der Waals surface area contributed by atoms with Crippen molar-refractivity contribution in [3.8, 4) is 0 Å². The second-order valence-corrected chi connectivity index (χ2v) is 3.74. The Kier molecular flexibility index (Phi) is 4.19. The number of aryl methyl sites for hydroxylation is 1. The molecule has 0 amide bonds. The smallest absolute Gasteiger partial charge is 0.383 e. The van der Waals surface area contributed by atoms with Crippen molar-refractivity contribution in [2.24, 2.45) is 0 Å². The van der Waals surface area contributed by atoms with Crippen LogP contribution in [0.15, 0.2) is 30.3 Å². The van der Waals surface area contributed by atoms with Gasteiger partial charge in [-0.15, -0.1) is 0 Å². The molecule has 0 saturated carbocycles. The summed E-state index contributed by atoms with van der Waals surface area (Å²) >= 11 is 0.841. The van der Waals surface area contributed by atoms with Crippen molar-refractivity contribution in [2.75, 3.05) is 5.75 Å². The fourth-order valence-electron chi connectivity index (χ4n) is 0.968. The normalized spacial score (nSPS) is 9.71. The minimum absolute atomic E-state index is 0.509. The summed E-state index contributed by atoms with van der Waals surface area (Å²) < 4.78 is 0. The van der Waals surface area contributed by atoms with E-state index >= 15 is 0 Å². The molecule has 0 radical (unpaired) electrons. The van der Waals surface area contributed by atoms with E-state index in [1.54, 1.807) is 0 Å². The average molecular weight is 210 g/mol. The van der Waals surface area contributed by atoms with Crippen LogP contribution >= 0.6 is 11.8 Å². The Hall–Kier alpha value is -1.29. The molecular formula is C10H10O3S. The van der Waals surface area contributed by atoms with Gasteiger partial charge < -0.3 is 5.11 Å².